The summed E-state index contributed by atoms with van der Waals surface area (Å²) in [4.78, 5) is 8.38. The molecule has 3 rings (SSSR count). The fourth-order valence-electron chi connectivity index (χ4n) is 3.33. The van der Waals surface area contributed by atoms with E-state index in [0.717, 1.165) is 36.1 Å². The molecule has 0 spiro atoms. The van der Waals surface area contributed by atoms with Crippen molar-refractivity contribution in [2.75, 3.05) is 5.32 Å². The summed E-state index contributed by atoms with van der Waals surface area (Å²) in [5, 5.41) is 22.2. The molecule has 2 aromatic rings. The second kappa shape index (κ2) is 7.28. The van der Waals surface area contributed by atoms with Crippen molar-refractivity contribution in [3.63, 3.8) is 0 Å². The highest BCUT2D eigenvalue weighted by molar-refractivity contribution is 6.30. The number of hydrogen-bond acceptors (Lipinski definition) is 5. The molecular formula is C18H21ClN4O. The monoisotopic (exact) mass is 344 g/mol. The van der Waals surface area contributed by atoms with E-state index in [1.165, 1.54) is 12.5 Å². The number of halogens is 1. The first-order valence-corrected chi connectivity index (χ1v) is 8.48. The second-order valence-corrected chi connectivity index (χ2v) is 6.71. The van der Waals surface area contributed by atoms with E-state index >= 15 is 0 Å². The van der Waals surface area contributed by atoms with Crippen molar-refractivity contribution < 1.29 is 5.11 Å². The van der Waals surface area contributed by atoms with Crippen LogP contribution < -0.4 is 5.32 Å². The van der Waals surface area contributed by atoms with Crippen LogP contribution in [0.1, 0.15) is 42.2 Å². The predicted octanol–water partition coefficient (Wildman–Crippen LogP) is 3.75. The first kappa shape index (κ1) is 16.9. The van der Waals surface area contributed by atoms with Gasteiger partial charge < -0.3 is 15.8 Å². The maximum Gasteiger partial charge on any atom is 0.138 e. The first-order valence-electron chi connectivity index (χ1n) is 8.10. The van der Waals surface area contributed by atoms with Gasteiger partial charge in [-0.25, -0.2) is 9.97 Å². The molecule has 1 saturated carbocycles. The lowest BCUT2D eigenvalue weighted by Gasteiger charge is -2.20. The molecule has 6 heteroatoms. The number of benzene rings is 1. The number of nitrogens with one attached hydrogen (secondary N) is 2. The van der Waals surface area contributed by atoms with Gasteiger partial charge in [-0.1, -0.05) is 23.7 Å². The van der Waals surface area contributed by atoms with E-state index in [1.807, 2.05) is 31.2 Å². The summed E-state index contributed by atoms with van der Waals surface area (Å²) in [6.45, 7) is 1.87. The number of nitrogens with zero attached hydrogens (tertiary/aromatic N) is 2. The molecule has 24 heavy (non-hydrogen) atoms. The van der Waals surface area contributed by atoms with Crippen molar-refractivity contribution in [2.45, 2.75) is 38.3 Å². The van der Waals surface area contributed by atoms with Gasteiger partial charge in [0.25, 0.3) is 0 Å². The van der Waals surface area contributed by atoms with Crippen molar-refractivity contribution in [2.24, 2.45) is 5.92 Å². The molecule has 3 N–H and O–H groups in total. The van der Waals surface area contributed by atoms with Gasteiger partial charge in [-0.2, -0.15) is 0 Å². The fraction of sp³-hybridized carbons (Fsp3) is 0.389. The summed E-state index contributed by atoms with van der Waals surface area (Å²) in [5.74, 6) is 0.902. The molecule has 0 radical (unpaired) electrons. The zero-order chi connectivity index (χ0) is 17.1. The zero-order valence-electron chi connectivity index (χ0n) is 13.5. The zero-order valence-corrected chi connectivity index (χ0v) is 14.3. The third-order valence-electron chi connectivity index (χ3n) is 4.70. The van der Waals surface area contributed by atoms with Crippen LogP contribution in [0.15, 0.2) is 30.6 Å². The summed E-state index contributed by atoms with van der Waals surface area (Å²) in [7, 11) is 0. The molecule has 126 valence electrons. The van der Waals surface area contributed by atoms with Crippen LogP contribution in [0.4, 0.5) is 5.82 Å². The SMILES string of the molecule is Cc1ncnc(NC2CCC(C(O)c3ccc(Cl)cc3)C2)c1C=N. The topological polar surface area (TPSA) is 81.9 Å². The maximum absolute atomic E-state index is 10.6. The van der Waals surface area contributed by atoms with Crippen LogP contribution in [0.5, 0.6) is 0 Å². The van der Waals surface area contributed by atoms with Gasteiger partial charge in [-0.05, 0) is 49.8 Å². The highest BCUT2D eigenvalue weighted by Crippen LogP contribution is 2.37. The van der Waals surface area contributed by atoms with Crippen LogP contribution >= 0.6 is 11.6 Å². The number of aliphatic hydroxyl groups excluding tert-OH is 1. The van der Waals surface area contributed by atoms with E-state index in [-0.39, 0.29) is 12.0 Å². The van der Waals surface area contributed by atoms with E-state index < -0.39 is 6.10 Å². The van der Waals surface area contributed by atoms with Gasteiger partial charge in [0.15, 0.2) is 0 Å². The van der Waals surface area contributed by atoms with Crippen LogP contribution in [-0.2, 0) is 0 Å². The summed E-state index contributed by atoms with van der Waals surface area (Å²) in [5.41, 5.74) is 2.42. The average Bonchev–Trinajstić information content (AvgIpc) is 3.04. The molecule has 1 fully saturated rings. The number of anilines is 1. The molecule has 1 aliphatic carbocycles. The molecule has 0 aliphatic heterocycles. The van der Waals surface area contributed by atoms with Gasteiger partial charge in [0, 0.05) is 17.3 Å². The van der Waals surface area contributed by atoms with Gasteiger partial charge in [0.05, 0.1) is 17.4 Å². The van der Waals surface area contributed by atoms with Crippen molar-refractivity contribution in [3.8, 4) is 0 Å². The molecule has 3 atom stereocenters. The van der Waals surface area contributed by atoms with Crippen LogP contribution in [0, 0.1) is 18.3 Å². The van der Waals surface area contributed by atoms with Crippen LogP contribution in [0.25, 0.3) is 0 Å². The normalized spacial score (nSPS) is 21.5. The van der Waals surface area contributed by atoms with Crippen LogP contribution in [0.2, 0.25) is 5.02 Å². The highest BCUT2D eigenvalue weighted by Gasteiger charge is 2.31. The largest absolute Gasteiger partial charge is 0.388 e. The van der Waals surface area contributed by atoms with E-state index in [1.54, 1.807) is 0 Å². The number of aliphatic hydroxyl groups is 1. The molecule has 1 aromatic carbocycles. The van der Waals surface area contributed by atoms with Gasteiger partial charge in [0.2, 0.25) is 0 Å². The number of aromatic nitrogens is 2. The number of rotatable bonds is 5. The minimum absolute atomic E-state index is 0.204. The standard InChI is InChI=1S/C18H21ClN4O/c1-11-16(9-20)18(22-10-21-11)23-15-7-4-13(8-15)17(24)12-2-5-14(19)6-3-12/h2-3,5-6,9-10,13,15,17,20,24H,4,7-8H2,1H3,(H,21,22,23). The van der Waals surface area contributed by atoms with E-state index in [0.29, 0.717) is 10.8 Å². The Morgan fingerprint density at radius 1 is 1.29 bits per heavy atom. The Morgan fingerprint density at radius 2 is 2.04 bits per heavy atom. The summed E-state index contributed by atoms with van der Waals surface area (Å²) in [6.07, 6.45) is 5.10. The third-order valence-corrected chi connectivity index (χ3v) is 4.95. The molecule has 1 aromatic heterocycles. The first-order chi connectivity index (χ1) is 11.6. The second-order valence-electron chi connectivity index (χ2n) is 6.28. The van der Waals surface area contributed by atoms with Gasteiger partial charge in [-0.15, -0.1) is 0 Å². The lowest BCUT2D eigenvalue weighted by Crippen LogP contribution is -2.19. The molecule has 1 aliphatic rings. The molecule has 5 nitrogen and oxygen atoms in total. The van der Waals surface area contributed by atoms with Crippen molar-refractivity contribution in [1.29, 1.82) is 5.41 Å². The van der Waals surface area contributed by atoms with Gasteiger partial charge in [-0.3, -0.25) is 0 Å². The number of hydrogen-bond donors (Lipinski definition) is 3. The van der Waals surface area contributed by atoms with Gasteiger partial charge >= 0.3 is 0 Å². The average molecular weight is 345 g/mol. The Hall–Kier alpha value is -1.98. The van der Waals surface area contributed by atoms with E-state index in [4.69, 9.17) is 17.0 Å². The van der Waals surface area contributed by atoms with Crippen LogP contribution in [-0.4, -0.2) is 27.3 Å². The lowest BCUT2D eigenvalue weighted by molar-refractivity contribution is 0.111. The van der Waals surface area contributed by atoms with Crippen molar-refractivity contribution in [1.82, 2.24) is 9.97 Å². The number of aryl methyl sites for hydroxylation is 1. The predicted molar refractivity (Wildman–Crippen MR) is 95.8 cm³/mol. The van der Waals surface area contributed by atoms with Gasteiger partial charge in [0.1, 0.15) is 12.1 Å². The summed E-state index contributed by atoms with van der Waals surface area (Å²) < 4.78 is 0. The Labute approximate surface area is 146 Å². The Balaban J connectivity index is 1.66. The van der Waals surface area contributed by atoms with Crippen molar-refractivity contribution >= 4 is 23.6 Å². The molecule has 1 heterocycles. The minimum atomic E-state index is -0.483. The molecular weight excluding hydrogens is 324 g/mol. The molecule has 0 amide bonds. The minimum Gasteiger partial charge on any atom is -0.388 e. The maximum atomic E-state index is 10.6. The molecule has 3 unspecified atom stereocenters. The molecule has 0 bridgehead atoms. The van der Waals surface area contributed by atoms with E-state index in [2.05, 4.69) is 15.3 Å². The third kappa shape index (κ3) is 3.57. The smallest absolute Gasteiger partial charge is 0.138 e. The molecule has 0 saturated heterocycles. The Kier molecular flexibility index (Phi) is 5.11. The highest BCUT2D eigenvalue weighted by atomic mass is 35.5. The quantitative estimate of drug-likeness (QED) is 0.721. The summed E-state index contributed by atoms with van der Waals surface area (Å²) in [6, 6.07) is 7.63. The Bertz CT molecular complexity index is 719. The van der Waals surface area contributed by atoms with E-state index in [9.17, 15) is 5.11 Å². The lowest BCUT2D eigenvalue weighted by atomic mass is 9.94. The van der Waals surface area contributed by atoms with Crippen LogP contribution in [0.3, 0.4) is 0 Å². The summed E-state index contributed by atoms with van der Waals surface area (Å²) >= 11 is 5.91. The Morgan fingerprint density at radius 3 is 2.75 bits per heavy atom. The van der Waals surface area contributed by atoms with Crippen molar-refractivity contribution in [3.05, 3.63) is 52.4 Å². The fourth-order valence-corrected chi connectivity index (χ4v) is 3.46.